The van der Waals surface area contributed by atoms with Crippen molar-refractivity contribution in [2.24, 2.45) is 11.8 Å². The highest BCUT2D eigenvalue weighted by Crippen LogP contribution is 2.25. The van der Waals surface area contributed by atoms with Gasteiger partial charge in [-0.25, -0.2) is 0 Å². The van der Waals surface area contributed by atoms with E-state index < -0.39 is 36.2 Å². The van der Waals surface area contributed by atoms with Crippen LogP contribution in [-0.2, 0) is 14.4 Å². The number of aliphatic hydroxyl groups is 1. The fourth-order valence-electron chi connectivity index (χ4n) is 3.65. The van der Waals surface area contributed by atoms with E-state index >= 15 is 0 Å². The van der Waals surface area contributed by atoms with Gasteiger partial charge in [-0.1, -0.05) is 26.8 Å². The Hall–Kier alpha value is -3.40. The Balaban J connectivity index is 0.00000100. The highest BCUT2D eigenvalue weighted by molar-refractivity contribution is 6.01. The third-order valence-corrected chi connectivity index (χ3v) is 5.30. The number of carbonyl (C=O) groups is 4. The lowest BCUT2D eigenvalue weighted by atomic mass is 9.90. The van der Waals surface area contributed by atoms with Gasteiger partial charge < -0.3 is 30.8 Å². The van der Waals surface area contributed by atoms with Crippen molar-refractivity contribution in [3.8, 4) is 5.75 Å². The molecule has 0 spiro atoms. The standard InChI is InChI=1S/C21H26N4O6.C4H10/c1-31-18-6-2-5-14-13(18)9-16(24-14)21(30)23-10-19(28)25-15(17(27)11-26)8-12-4-3-7-22-20(12)29;1-4(2)3/h2,5-6,9,12,15,24,26H,3-4,7-8,10-11H2,1H3,(H,22,29)(H,23,30)(H,25,28);4H,1-3H3/t12?,15-;/m0./s1. The number of nitrogens with one attached hydrogen (secondary N) is 4. The molecule has 10 heteroatoms. The van der Waals surface area contributed by atoms with Crippen LogP contribution in [-0.4, -0.2) is 66.4 Å². The molecule has 1 fully saturated rings. The molecular weight excluding hydrogens is 452 g/mol. The van der Waals surface area contributed by atoms with E-state index in [9.17, 15) is 24.3 Å². The van der Waals surface area contributed by atoms with Gasteiger partial charge in [0.2, 0.25) is 11.8 Å². The summed E-state index contributed by atoms with van der Waals surface area (Å²) < 4.78 is 5.27. The van der Waals surface area contributed by atoms with E-state index in [2.05, 4.69) is 41.7 Å². The highest BCUT2D eigenvalue weighted by atomic mass is 16.5. The van der Waals surface area contributed by atoms with Gasteiger partial charge >= 0.3 is 0 Å². The van der Waals surface area contributed by atoms with Gasteiger partial charge in [0.25, 0.3) is 5.91 Å². The second-order valence-corrected chi connectivity index (χ2v) is 9.13. The molecule has 1 aromatic carbocycles. The van der Waals surface area contributed by atoms with Gasteiger partial charge in [0.1, 0.15) is 18.1 Å². The molecule has 1 aromatic heterocycles. The molecular formula is C25H36N4O6. The summed E-state index contributed by atoms with van der Waals surface area (Å²) in [5.74, 6) is -0.803. The van der Waals surface area contributed by atoms with E-state index in [4.69, 9.17) is 4.74 Å². The van der Waals surface area contributed by atoms with Crippen molar-refractivity contribution < 1.29 is 29.0 Å². The first-order chi connectivity index (χ1) is 16.7. The summed E-state index contributed by atoms with van der Waals surface area (Å²) >= 11 is 0. The largest absolute Gasteiger partial charge is 0.496 e. The normalized spacial score (nSPS) is 16.1. The number of ketones is 1. The Bertz CT molecular complexity index is 1030. The zero-order chi connectivity index (χ0) is 26.0. The number of aromatic nitrogens is 1. The van der Waals surface area contributed by atoms with E-state index in [-0.39, 0.29) is 24.6 Å². The quantitative estimate of drug-likeness (QED) is 0.361. The maximum absolute atomic E-state index is 12.4. The van der Waals surface area contributed by atoms with Crippen molar-refractivity contribution in [3.63, 3.8) is 0 Å². The van der Waals surface area contributed by atoms with Crippen LogP contribution >= 0.6 is 0 Å². The zero-order valence-corrected chi connectivity index (χ0v) is 20.8. The maximum Gasteiger partial charge on any atom is 0.268 e. The summed E-state index contributed by atoms with van der Waals surface area (Å²) in [6.07, 6.45) is 1.50. The number of fused-ring (bicyclic) bond motifs is 1. The molecule has 1 unspecified atom stereocenters. The third-order valence-electron chi connectivity index (χ3n) is 5.30. The number of rotatable bonds is 9. The Morgan fingerprint density at radius 3 is 2.57 bits per heavy atom. The molecule has 5 N–H and O–H groups in total. The third kappa shape index (κ3) is 8.40. The summed E-state index contributed by atoms with van der Waals surface area (Å²) in [4.78, 5) is 51.7. The van der Waals surface area contributed by atoms with Crippen molar-refractivity contribution >= 4 is 34.4 Å². The minimum absolute atomic E-state index is 0.104. The van der Waals surface area contributed by atoms with E-state index in [0.29, 0.717) is 24.2 Å². The van der Waals surface area contributed by atoms with E-state index in [1.807, 2.05) is 0 Å². The van der Waals surface area contributed by atoms with E-state index in [1.54, 1.807) is 24.3 Å². The van der Waals surface area contributed by atoms with Gasteiger partial charge in [-0.2, -0.15) is 0 Å². The molecule has 0 saturated carbocycles. The molecule has 1 aliphatic heterocycles. The summed E-state index contributed by atoms with van der Waals surface area (Å²) in [5, 5.41) is 17.7. The van der Waals surface area contributed by atoms with Crippen LogP contribution in [0.15, 0.2) is 24.3 Å². The lowest BCUT2D eigenvalue weighted by Gasteiger charge is -2.26. The monoisotopic (exact) mass is 488 g/mol. The molecule has 35 heavy (non-hydrogen) atoms. The summed E-state index contributed by atoms with van der Waals surface area (Å²) in [6, 6.07) is 5.99. The molecule has 10 nitrogen and oxygen atoms in total. The molecule has 2 aromatic rings. The van der Waals surface area contributed by atoms with Gasteiger partial charge in [0.15, 0.2) is 5.78 Å². The fraction of sp³-hybridized carbons (Fsp3) is 0.520. The Morgan fingerprint density at radius 1 is 1.23 bits per heavy atom. The van der Waals surface area contributed by atoms with Crippen LogP contribution in [0.25, 0.3) is 10.9 Å². The number of Topliss-reactive ketones (excluding diaryl/α,β-unsaturated/α-hetero) is 1. The van der Waals surface area contributed by atoms with Crippen molar-refractivity contribution in [1.29, 1.82) is 0 Å². The molecule has 1 aliphatic rings. The number of piperidine rings is 1. The summed E-state index contributed by atoms with van der Waals surface area (Å²) in [6.45, 7) is 5.98. The number of methoxy groups -OCH3 is 1. The Kier molecular flexibility index (Phi) is 10.7. The first kappa shape index (κ1) is 27.8. The number of hydrogen-bond donors (Lipinski definition) is 5. The minimum Gasteiger partial charge on any atom is -0.496 e. The fourth-order valence-corrected chi connectivity index (χ4v) is 3.65. The average molecular weight is 489 g/mol. The van der Waals surface area contributed by atoms with Gasteiger partial charge in [-0.3, -0.25) is 19.2 Å². The van der Waals surface area contributed by atoms with Crippen LogP contribution in [0.1, 0.15) is 50.5 Å². The van der Waals surface area contributed by atoms with Crippen LogP contribution in [0, 0.1) is 11.8 Å². The van der Waals surface area contributed by atoms with Crippen LogP contribution in [0.4, 0.5) is 0 Å². The number of ether oxygens (including phenoxy) is 1. The number of aromatic amines is 1. The van der Waals surface area contributed by atoms with Crippen molar-refractivity contribution in [3.05, 3.63) is 30.0 Å². The predicted molar refractivity (Wildman–Crippen MR) is 132 cm³/mol. The van der Waals surface area contributed by atoms with E-state index in [1.165, 1.54) is 7.11 Å². The van der Waals surface area contributed by atoms with E-state index in [0.717, 1.165) is 17.7 Å². The summed E-state index contributed by atoms with van der Waals surface area (Å²) in [5.41, 5.74) is 0.975. The number of carbonyl (C=O) groups excluding carboxylic acids is 4. The molecule has 2 atom stereocenters. The maximum atomic E-state index is 12.4. The van der Waals surface area contributed by atoms with Gasteiger partial charge in [0, 0.05) is 23.4 Å². The molecule has 0 aliphatic carbocycles. The minimum atomic E-state index is -0.999. The first-order valence-electron chi connectivity index (χ1n) is 11.8. The lowest BCUT2D eigenvalue weighted by molar-refractivity contribution is -0.131. The molecule has 0 bridgehead atoms. The van der Waals surface area contributed by atoms with Gasteiger partial charge in [-0.05, 0) is 43.4 Å². The second-order valence-electron chi connectivity index (χ2n) is 9.13. The van der Waals surface area contributed by atoms with Gasteiger partial charge in [-0.15, -0.1) is 0 Å². The van der Waals surface area contributed by atoms with Crippen molar-refractivity contribution in [1.82, 2.24) is 20.9 Å². The van der Waals surface area contributed by atoms with Crippen molar-refractivity contribution in [2.45, 2.75) is 46.1 Å². The number of benzene rings is 1. The zero-order valence-electron chi connectivity index (χ0n) is 20.8. The number of hydrogen-bond acceptors (Lipinski definition) is 6. The SMILES string of the molecule is CC(C)C.COc1cccc2[nH]c(C(=O)NCC(=O)N[C@@H](CC3CCCNC3=O)C(=O)CO)cc12. The Labute approximate surface area is 205 Å². The smallest absolute Gasteiger partial charge is 0.268 e. The highest BCUT2D eigenvalue weighted by Gasteiger charge is 2.29. The van der Waals surface area contributed by atoms with Crippen LogP contribution < -0.4 is 20.7 Å². The molecule has 0 radical (unpaired) electrons. The first-order valence-corrected chi connectivity index (χ1v) is 11.8. The van der Waals surface area contributed by atoms with Gasteiger partial charge in [0.05, 0.1) is 19.7 Å². The lowest BCUT2D eigenvalue weighted by Crippen LogP contribution is -2.49. The molecule has 3 rings (SSSR count). The van der Waals surface area contributed by atoms with Crippen LogP contribution in [0.3, 0.4) is 0 Å². The molecule has 192 valence electrons. The molecule has 2 heterocycles. The molecule has 1 saturated heterocycles. The predicted octanol–water partition coefficient (Wildman–Crippen LogP) is 1.53. The average Bonchev–Trinajstić information content (AvgIpc) is 3.27. The Morgan fingerprint density at radius 2 is 1.94 bits per heavy atom. The van der Waals surface area contributed by atoms with Crippen LogP contribution in [0.2, 0.25) is 0 Å². The summed E-state index contributed by atoms with van der Waals surface area (Å²) in [7, 11) is 1.53. The number of aliphatic hydroxyl groups excluding tert-OH is 1. The number of amides is 3. The van der Waals surface area contributed by atoms with Crippen molar-refractivity contribution in [2.75, 3.05) is 26.8 Å². The molecule has 3 amide bonds. The number of H-pyrrole nitrogens is 1. The topological polar surface area (TPSA) is 150 Å². The second kappa shape index (κ2) is 13.5. The van der Waals surface area contributed by atoms with Crippen LogP contribution in [0.5, 0.6) is 5.75 Å².